The maximum absolute atomic E-state index is 12.8. The van der Waals surface area contributed by atoms with Crippen LogP contribution in [0.15, 0.2) is 4.47 Å². The molecular weight excluding hydrogens is 311 g/mol. The van der Waals surface area contributed by atoms with E-state index in [0.717, 1.165) is 0 Å². The van der Waals surface area contributed by atoms with Gasteiger partial charge >= 0.3 is 6.18 Å². The molecule has 1 rings (SSSR count). The van der Waals surface area contributed by atoms with Crippen molar-refractivity contribution in [3.8, 4) is 0 Å². The van der Waals surface area contributed by atoms with E-state index in [9.17, 15) is 22.0 Å². The second kappa shape index (κ2) is 4.22. The maximum Gasteiger partial charge on any atom is 0.436 e. The summed E-state index contributed by atoms with van der Waals surface area (Å²) in [5, 5.41) is 3.24. The monoisotopic (exact) mass is 320 g/mol. The summed E-state index contributed by atoms with van der Waals surface area (Å²) in [6.45, 7) is 4.50. The lowest BCUT2D eigenvalue weighted by Gasteiger charge is -2.22. The minimum absolute atomic E-state index is 0.699. The standard InChI is InChI=1S/C9H10BrF5N2/c1-8(2,3)17-5(7(11)12)4(10)6(16-17)9(13,14)15/h7H,1-3H3. The van der Waals surface area contributed by atoms with E-state index in [2.05, 4.69) is 21.0 Å². The third-order valence-corrected chi connectivity index (χ3v) is 2.75. The van der Waals surface area contributed by atoms with Crippen molar-refractivity contribution in [3.63, 3.8) is 0 Å². The average Bonchev–Trinajstić information content (AvgIpc) is 2.40. The van der Waals surface area contributed by atoms with E-state index in [-0.39, 0.29) is 0 Å². The Kier molecular flexibility index (Phi) is 3.58. The van der Waals surface area contributed by atoms with E-state index >= 15 is 0 Å². The second-order valence-electron chi connectivity index (χ2n) is 4.43. The molecule has 98 valence electrons. The van der Waals surface area contributed by atoms with Gasteiger partial charge in [0.1, 0.15) is 5.69 Å². The molecule has 2 nitrogen and oxygen atoms in total. The normalized spacial score (nSPS) is 13.5. The molecule has 0 aromatic carbocycles. The molecule has 0 radical (unpaired) electrons. The lowest BCUT2D eigenvalue weighted by atomic mass is 10.1. The van der Waals surface area contributed by atoms with Gasteiger partial charge in [-0.3, -0.25) is 4.68 Å². The van der Waals surface area contributed by atoms with E-state index in [1.54, 1.807) is 0 Å². The molecule has 1 heterocycles. The van der Waals surface area contributed by atoms with Crippen LogP contribution < -0.4 is 0 Å². The molecule has 0 bridgehead atoms. The summed E-state index contributed by atoms with van der Waals surface area (Å²) < 4.78 is 63.2. The van der Waals surface area contributed by atoms with Crippen molar-refractivity contribution < 1.29 is 22.0 Å². The third-order valence-electron chi connectivity index (χ3n) is 1.97. The van der Waals surface area contributed by atoms with Gasteiger partial charge in [0.25, 0.3) is 6.43 Å². The van der Waals surface area contributed by atoms with E-state index < -0.39 is 34.0 Å². The fraction of sp³-hybridized carbons (Fsp3) is 0.667. The smallest absolute Gasteiger partial charge is 0.257 e. The number of rotatable bonds is 1. The zero-order chi connectivity index (χ0) is 13.6. The topological polar surface area (TPSA) is 17.8 Å². The van der Waals surface area contributed by atoms with Crippen LogP contribution in [0, 0.1) is 0 Å². The summed E-state index contributed by atoms with van der Waals surface area (Å²) in [4.78, 5) is 0. The first-order chi connectivity index (χ1) is 7.46. The van der Waals surface area contributed by atoms with Gasteiger partial charge in [-0.25, -0.2) is 8.78 Å². The molecule has 1 aromatic rings. The minimum atomic E-state index is -4.76. The molecule has 1 aromatic heterocycles. The van der Waals surface area contributed by atoms with Crippen LogP contribution in [0.5, 0.6) is 0 Å². The van der Waals surface area contributed by atoms with Crippen molar-refractivity contribution >= 4 is 15.9 Å². The Labute approximate surface area is 103 Å². The van der Waals surface area contributed by atoms with Crippen LogP contribution in [0.3, 0.4) is 0 Å². The van der Waals surface area contributed by atoms with Gasteiger partial charge in [-0.05, 0) is 36.7 Å². The molecule has 0 aliphatic rings. The third kappa shape index (κ3) is 2.78. The van der Waals surface area contributed by atoms with Gasteiger partial charge < -0.3 is 0 Å². The predicted molar refractivity (Wildman–Crippen MR) is 54.9 cm³/mol. The first-order valence-electron chi connectivity index (χ1n) is 4.60. The average molecular weight is 321 g/mol. The molecule has 0 unspecified atom stereocenters. The largest absolute Gasteiger partial charge is 0.436 e. The Morgan fingerprint density at radius 1 is 1.18 bits per heavy atom. The molecule has 0 saturated carbocycles. The van der Waals surface area contributed by atoms with Crippen molar-refractivity contribution in [1.82, 2.24) is 9.78 Å². The SMILES string of the molecule is CC(C)(C)n1nc(C(F)(F)F)c(Br)c1C(F)F. The first kappa shape index (κ1) is 14.4. The molecule has 17 heavy (non-hydrogen) atoms. The van der Waals surface area contributed by atoms with Gasteiger partial charge in [0.05, 0.1) is 10.0 Å². The molecule has 0 aliphatic heterocycles. The summed E-state index contributed by atoms with van der Waals surface area (Å²) in [6, 6.07) is 0. The van der Waals surface area contributed by atoms with Crippen molar-refractivity contribution in [2.24, 2.45) is 0 Å². The minimum Gasteiger partial charge on any atom is -0.257 e. The van der Waals surface area contributed by atoms with Crippen molar-refractivity contribution in [2.45, 2.75) is 38.9 Å². The molecule has 0 aliphatic carbocycles. The molecule has 0 atom stereocenters. The van der Waals surface area contributed by atoms with Crippen molar-refractivity contribution in [2.75, 3.05) is 0 Å². The fourth-order valence-electron chi connectivity index (χ4n) is 1.29. The Morgan fingerprint density at radius 3 is 1.88 bits per heavy atom. The number of aromatic nitrogens is 2. The van der Waals surface area contributed by atoms with E-state index in [4.69, 9.17) is 0 Å². The highest BCUT2D eigenvalue weighted by Gasteiger charge is 2.41. The van der Waals surface area contributed by atoms with Crippen LogP contribution in [-0.2, 0) is 11.7 Å². The lowest BCUT2D eigenvalue weighted by Crippen LogP contribution is -2.26. The van der Waals surface area contributed by atoms with Crippen LogP contribution in [0.1, 0.15) is 38.6 Å². The zero-order valence-corrected chi connectivity index (χ0v) is 10.8. The van der Waals surface area contributed by atoms with E-state index in [1.807, 2.05) is 0 Å². The first-order valence-corrected chi connectivity index (χ1v) is 5.39. The maximum atomic E-state index is 12.8. The van der Waals surface area contributed by atoms with Gasteiger partial charge in [-0.1, -0.05) is 0 Å². The highest BCUT2D eigenvalue weighted by Crippen LogP contribution is 2.40. The fourth-order valence-corrected chi connectivity index (χ4v) is 1.94. The molecule has 0 saturated heterocycles. The van der Waals surface area contributed by atoms with Gasteiger partial charge in [0.15, 0.2) is 5.69 Å². The summed E-state index contributed by atoms with van der Waals surface area (Å²) in [6.07, 6.45) is -7.80. The predicted octanol–water partition coefficient (Wildman–Crippen LogP) is 4.36. The number of hydrogen-bond acceptors (Lipinski definition) is 1. The van der Waals surface area contributed by atoms with Gasteiger partial charge in [0, 0.05) is 0 Å². The number of nitrogens with zero attached hydrogens (tertiary/aromatic N) is 2. The van der Waals surface area contributed by atoms with Crippen LogP contribution in [0.25, 0.3) is 0 Å². The Hall–Kier alpha value is -0.660. The zero-order valence-electron chi connectivity index (χ0n) is 9.24. The van der Waals surface area contributed by atoms with E-state index in [0.29, 0.717) is 4.68 Å². The quantitative estimate of drug-likeness (QED) is 0.703. The number of hydrogen-bond donors (Lipinski definition) is 0. The molecule has 0 amide bonds. The molecule has 0 fully saturated rings. The lowest BCUT2D eigenvalue weighted by molar-refractivity contribution is -0.142. The molecule has 0 N–H and O–H groups in total. The van der Waals surface area contributed by atoms with Gasteiger partial charge in [0.2, 0.25) is 0 Å². The Bertz CT molecular complexity index is 416. The molecule has 0 spiro atoms. The van der Waals surface area contributed by atoms with Crippen LogP contribution in [0.4, 0.5) is 22.0 Å². The van der Waals surface area contributed by atoms with Crippen LogP contribution in [-0.4, -0.2) is 9.78 Å². The van der Waals surface area contributed by atoms with Crippen molar-refractivity contribution in [3.05, 3.63) is 15.9 Å². The summed E-state index contributed by atoms with van der Waals surface area (Å²) in [7, 11) is 0. The Morgan fingerprint density at radius 2 is 1.65 bits per heavy atom. The Balaban J connectivity index is 3.52. The number of halogens is 6. The highest BCUT2D eigenvalue weighted by atomic mass is 79.9. The molecular formula is C9H10BrF5N2. The van der Waals surface area contributed by atoms with Crippen LogP contribution in [0.2, 0.25) is 0 Å². The van der Waals surface area contributed by atoms with Gasteiger partial charge in [-0.2, -0.15) is 18.3 Å². The van der Waals surface area contributed by atoms with Crippen LogP contribution >= 0.6 is 15.9 Å². The molecule has 8 heteroatoms. The second-order valence-corrected chi connectivity index (χ2v) is 5.22. The van der Waals surface area contributed by atoms with E-state index in [1.165, 1.54) is 20.8 Å². The summed E-state index contributed by atoms with van der Waals surface area (Å²) in [5.41, 5.74) is -3.05. The van der Waals surface area contributed by atoms with Crippen molar-refractivity contribution in [1.29, 1.82) is 0 Å². The summed E-state index contributed by atoms with van der Waals surface area (Å²) >= 11 is 2.55. The summed E-state index contributed by atoms with van der Waals surface area (Å²) in [5.74, 6) is 0. The van der Waals surface area contributed by atoms with Gasteiger partial charge in [-0.15, -0.1) is 0 Å². The highest BCUT2D eigenvalue weighted by molar-refractivity contribution is 9.10. The number of alkyl halides is 5.